The number of aryl methyl sites for hydroxylation is 1. The van der Waals surface area contributed by atoms with Gasteiger partial charge in [0.25, 0.3) is 0 Å². The van der Waals surface area contributed by atoms with Crippen LogP contribution in [0.15, 0.2) is 35.1 Å². The van der Waals surface area contributed by atoms with Crippen molar-refractivity contribution in [1.82, 2.24) is 14.9 Å². The van der Waals surface area contributed by atoms with E-state index >= 15 is 0 Å². The number of rotatable bonds is 7. The molecule has 1 aromatic heterocycles. The topological polar surface area (TPSA) is 39.1 Å². The molecule has 0 aliphatic rings. The van der Waals surface area contributed by atoms with Crippen molar-refractivity contribution in [3.63, 3.8) is 0 Å². The van der Waals surface area contributed by atoms with Crippen molar-refractivity contribution in [2.75, 3.05) is 13.7 Å². The number of nitrogens with zero attached hydrogens (tertiary/aromatic N) is 2. The molecule has 1 heterocycles. The van der Waals surface area contributed by atoms with E-state index in [1.165, 1.54) is 0 Å². The molecule has 0 aliphatic heterocycles. The summed E-state index contributed by atoms with van der Waals surface area (Å²) in [6, 6.07) is 6.08. The smallest absolute Gasteiger partial charge is 0.130 e. The summed E-state index contributed by atoms with van der Waals surface area (Å²) in [5, 5.41) is 3.59. The van der Waals surface area contributed by atoms with Crippen molar-refractivity contribution in [3.05, 3.63) is 46.5 Å². The summed E-state index contributed by atoms with van der Waals surface area (Å²) in [6.07, 6.45) is 4.95. The Bertz CT molecular complexity index is 583. The Hall–Kier alpha value is -1.33. The van der Waals surface area contributed by atoms with Crippen molar-refractivity contribution in [2.45, 2.75) is 32.9 Å². The molecule has 2 aromatic rings. The zero-order valence-electron chi connectivity index (χ0n) is 12.8. The fraction of sp³-hybridized carbons (Fsp3) is 0.438. The highest BCUT2D eigenvalue weighted by Crippen LogP contribution is 2.31. The summed E-state index contributed by atoms with van der Waals surface area (Å²) in [6.45, 7) is 6.13. The van der Waals surface area contributed by atoms with Crippen molar-refractivity contribution < 1.29 is 4.74 Å². The van der Waals surface area contributed by atoms with Crippen LogP contribution in [0, 0.1) is 0 Å². The van der Waals surface area contributed by atoms with Crippen molar-refractivity contribution in [1.29, 1.82) is 0 Å². The number of ether oxygens (including phenoxy) is 1. The Morgan fingerprint density at radius 1 is 1.38 bits per heavy atom. The maximum Gasteiger partial charge on any atom is 0.130 e. The van der Waals surface area contributed by atoms with Crippen LogP contribution < -0.4 is 10.1 Å². The number of hydrogen-bond acceptors (Lipinski definition) is 3. The minimum atomic E-state index is 0.0457. The van der Waals surface area contributed by atoms with Gasteiger partial charge in [-0.05, 0) is 43.7 Å². The Morgan fingerprint density at radius 3 is 2.86 bits per heavy atom. The average molecular weight is 352 g/mol. The molecule has 0 saturated heterocycles. The molecule has 1 aromatic carbocycles. The first kappa shape index (κ1) is 16.0. The molecule has 0 fully saturated rings. The van der Waals surface area contributed by atoms with Gasteiger partial charge < -0.3 is 14.6 Å². The summed E-state index contributed by atoms with van der Waals surface area (Å²) in [4.78, 5) is 4.55. The molecule has 0 aliphatic carbocycles. The third-order valence-corrected chi connectivity index (χ3v) is 4.18. The molecule has 21 heavy (non-hydrogen) atoms. The van der Waals surface area contributed by atoms with Gasteiger partial charge in [0.15, 0.2) is 0 Å². The largest absolute Gasteiger partial charge is 0.497 e. The van der Waals surface area contributed by atoms with E-state index in [0.717, 1.165) is 41.1 Å². The molecule has 0 amide bonds. The van der Waals surface area contributed by atoms with Crippen LogP contribution in [0.2, 0.25) is 0 Å². The standard InChI is InChI=1S/C16H22BrN3O/c1-4-8-18-15(16-19-9-10-20(16)5-2)13-11-12(21-3)6-7-14(13)17/h6-7,9-11,15,18H,4-5,8H2,1-3H3. The van der Waals surface area contributed by atoms with Gasteiger partial charge in [0.05, 0.1) is 13.2 Å². The van der Waals surface area contributed by atoms with Gasteiger partial charge >= 0.3 is 0 Å². The van der Waals surface area contributed by atoms with E-state index in [0.29, 0.717) is 0 Å². The Kier molecular flexibility index (Phi) is 5.82. The molecule has 1 N–H and O–H groups in total. The molecular formula is C16H22BrN3O. The third-order valence-electron chi connectivity index (χ3n) is 3.46. The van der Waals surface area contributed by atoms with E-state index in [1.54, 1.807) is 7.11 Å². The molecule has 1 unspecified atom stereocenters. The predicted octanol–water partition coefficient (Wildman–Crippen LogP) is 3.76. The zero-order valence-corrected chi connectivity index (χ0v) is 14.4. The molecule has 4 nitrogen and oxygen atoms in total. The minimum Gasteiger partial charge on any atom is -0.497 e. The van der Waals surface area contributed by atoms with E-state index in [2.05, 4.69) is 50.7 Å². The zero-order chi connectivity index (χ0) is 15.2. The van der Waals surface area contributed by atoms with Gasteiger partial charge in [-0.3, -0.25) is 0 Å². The van der Waals surface area contributed by atoms with Gasteiger partial charge in [-0.1, -0.05) is 22.9 Å². The van der Waals surface area contributed by atoms with Crippen LogP contribution in [0.3, 0.4) is 0 Å². The van der Waals surface area contributed by atoms with E-state index in [1.807, 2.05) is 24.5 Å². The number of halogens is 1. The second kappa shape index (κ2) is 7.61. The van der Waals surface area contributed by atoms with Gasteiger partial charge in [0.1, 0.15) is 11.6 Å². The molecule has 1 atom stereocenters. The van der Waals surface area contributed by atoms with Crippen molar-refractivity contribution in [2.24, 2.45) is 0 Å². The maximum atomic E-state index is 5.36. The molecule has 0 saturated carbocycles. The highest BCUT2D eigenvalue weighted by atomic mass is 79.9. The molecule has 2 rings (SSSR count). The fourth-order valence-corrected chi connectivity index (χ4v) is 2.82. The van der Waals surface area contributed by atoms with E-state index < -0.39 is 0 Å². The number of hydrogen-bond donors (Lipinski definition) is 1. The van der Waals surface area contributed by atoms with Crippen molar-refractivity contribution in [3.8, 4) is 5.75 Å². The van der Waals surface area contributed by atoms with Crippen LogP contribution in [-0.4, -0.2) is 23.2 Å². The number of aromatic nitrogens is 2. The van der Waals surface area contributed by atoms with Gasteiger partial charge in [-0.2, -0.15) is 0 Å². The first-order valence-electron chi connectivity index (χ1n) is 7.29. The lowest BCUT2D eigenvalue weighted by atomic mass is 10.1. The lowest BCUT2D eigenvalue weighted by Gasteiger charge is -2.21. The summed E-state index contributed by atoms with van der Waals surface area (Å²) in [5.74, 6) is 1.88. The van der Waals surface area contributed by atoms with Crippen LogP contribution in [0.5, 0.6) is 5.75 Å². The first-order valence-corrected chi connectivity index (χ1v) is 8.08. The second-order valence-corrected chi connectivity index (χ2v) is 5.70. The summed E-state index contributed by atoms with van der Waals surface area (Å²) in [5.41, 5.74) is 1.14. The van der Waals surface area contributed by atoms with Crippen molar-refractivity contribution >= 4 is 15.9 Å². The van der Waals surface area contributed by atoms with Crippen LogP contribution in [0.4, 0.5) is 0 Å². The quantitative estimate of drug-likeness (QED) is 0.825. The minimum absolute atomic E-state index is 0.0457. The third kappa shape index (κ3) is 3.66. The fourth-order valence-electron chi connectivity index (χ4n) is 2.35. The summed E-state index contributed by atoms with van der Waals surface area (Å²) >= 11 is 3.65. The molecule has 0 radical (unpaired) electrons. The monoisotopic (exact) mass is 351 g/mol. The van der Waals surface area contributed by atoms with Gasteiger partial charge in [0, 0.05) is 23.4 Å². The number of benzene rings is 1. The summed E-state index contributed by atoms with van der Waals surface area (Å²) < 4.78 is 8.59. The molecule has 114 valence electrons. The van der Waals surface area contributed by atoms with Crippen LogP contribution in [-0.2, 0) is 6.54 Å². The Balaban J connectivity index is 2.45. The summed E-state index contributed by atoms with van der Waals surface area (Å²) in [7, 11) is 1.69. The molecule has 5 heteroatoms. The Labute approximate surface area is 134 Å². The lowest BCUT2D eigenvalue weighted by Crippen LogP contribution is -2.26. The number of nitrogens with one attached hydrogen (secondary N) is 1. The Morgan fingerprint density at radius 2 is 2.19 bits per heavy atom. The maximum absolute atomic E-state index is 5.36. The molecule has 0 spiro atoms. The lowest BCUT2D eigenvalue weighted by molar-refractivity contribution is 0.413. The SMILES string of the molecule is CCCNC(c1cc(OC)ccc1Br)c1nccn1CC. The van der Waals surface area contributed by atoms with E-state index in [9.17, 15) is 0 Å². The van der Waals surface area contributed by atoms with Crippen LogP contribution in [0.25, 0.3) is 0 Å². The van der Waals surface area contributed by atoms with Gasteiger partial charge in [0.2, 0.25) is 0 Å². The van der Waals surface area contributed by atoms with E-state index in [4.69, 9.17) is 4.74 Å². The van der Waals surface area contributed by atoms with Gasteiger partial charge in [-0.25, -0.2) is 4.98 Å². The van der Waals surface area contributed by atoms with E-state index in [-0.39, 0.29) is 6.04 Å². The van der Waals surface area contributed by atoms with Gasteiger partial charge in [-0.15, -0.1) is 0 Å². The highest BCUT2D eigenvalue weighted by Gasteiger charge is 2.21. The predicted molar refractivity (Wildman–Crippen MR) is 88.7 cm³/mol. The number of methoxy groups -OCH3 is 1. The normalized spacial score (nSPS) is 12.4. The molecular weight excluding hydrogens is 330 g/mol. The first-order chi connectivity index (χ1) is 10.2. The number of imidazole rings is 1. The average Bonchev–Trinajstić information content (AvgIpc) is 2.97. The van der Waals surface area contributed by atoms with Crippen LogP contribution >= 0.6 is 15.9 Å². The second-order valence-electron chi connectivity index (χ2n) is 4.85. The molecule has 0 bridgehead atoms. The highest BCUT2D eigenvalue weighted by molar-refractivity contribution is 9.10. The van der Waals surface area contributed by atoms with Crippen LogP contribution in [0.1, 0.15) is 37.7 Å².